The molecule has 0 fully saturated rings. The van der Waals surface area contributed by atoms with Gasteiger partial charge in [-0.2, -0.15) is 5.26 Å². The van der Waals surface area contributed by atoms with Crippen LogP contribution in [-0.2, 0) is 15.1 Å². The highest BCUT2D eigenvalue weighted by Gasteiger charge is 2.30. The van der Waals surface area contributed by atoms with Gasteiger partial charge in [0.15, 0.2) is 0 Å². The predicted molar refractivity (Wildman–Crippen MR) is 75.8 cm³/mol. The second-order valence-corrected chi connectivity index (χ2v) is 5.58. The van der Waals surface area contributed by atoms with Gasteiger partial charge in [0.05, 0.1) is 0 Å². The third-order valence-electron chi connectivity index (χ3n) is 3.97. The number of hydrogen-bond acceptors (Lipinski definition) is 3. The van der Waals surface area contributed by atoms with Gasteiger partial charge < -0.3 is 4.89 Å². The number of carbonyl (C=O) groups is 1. The number of benzene rings is 1. The van der Waals surface area contributed by atoms with Crippen LogP contribution in [0.5, 0.6) is 0 Å². The van der Waals surface area contributed by atoms with Crippen molar-refractivity contribution >= 4 is 5.97 Å². The summed E-state index contributed by atoms with van der Waals surface area (Å²) in [6.45, 7) is 6.58. The van der Waals surface area contributed by atoms with Gasteiger partial charge in [-0.3, -0.25) is 0 Å². The number of carbonyl (C=O) groups excluding carboxylic acids is 1. The lowest BCUT2D eigenvalue weighted by Crippen LogP contribution is -2.29. The zero-order chi connectivity index (χ0) is 14.3. The highest BCUT2D eigenvalue weighted by molar-refractivity contribution is 5.68. The average molecular weight is 264 g/mol. The van der Waals surface area contributed by atoms with E-state index in [1.54, 1.807) is 0 Å². The van der Waals surface area contributed by atoms with Gasteiger partial charge in [0.2, 0.25) is 0 Å². The Morgan fingerprint density at radius 2 is 1.89 bits per heavy atom. The Labute approximate surface area is 115 Å². The molecule has 1 rings (SSSR count). The van der Waals surface area contributed by atoms with E-state index in [-0.39, 0.29) is 11.8 Å². The third kappa shape index (κ3) is 4.35. The Morgan fingerprint density at radius 3 is 2.42 bits per heavy atom. The molecule has 1 aromatic carbocycles. The molecule has 0 heterocycles. The molecule has 3 nitrogen and oxygen atoms in total. The van der Waals surface area contributed by atoms with Crippen molar-refractivity contribution in [3.8, 4) is 0 Å². The first kappa shape index (κ1) is 15.7. The lowest BCUT2D eigenvalue weighted by Gasteiger charge is -2.35. The Morgan fingerprint density at radius 1 is 1.26 bits per heavy atom. The molecule has 1 N–H and O–H groups in total. The van der Waals surface area contributed by atoms with Gasteiger partial charge in [-0.05, 0) is 29.7 Å². The summed E-state index contributed by atoms with van der Waals surface area (Å²) in [6.07, 6.45) is 3.13. The molecule has 0 aliphatic carbocycles. The van der Waals surface area contributed by atoms with Crippen molar-refractivity contribution in [2.75, 3.05) is 0 Å². The van der Waals surface area contributed by atoms with E-state index >= 15 is 0 Å². The van der Waals surface area contributed by atoms with Crippen LogP contribution in [-0.4, -0.2) is 11.2 Å². The molecule has 0 spiro atoms. The van der Waals surface area contributed by atoms with Crippen LogP contribution >= 0.6 is 0 Å². The van der Waals surface area contributed by atoms with E-state index in [1.807, 2.05) is 18.2 Å². The molecule has 1 aromatic rings. The molecular formula is C16H24O3. The molecule has 1 unspecified atom stereocenters. The first-order chi connectivity index (χ1) is 9.02. The summed E-state index contributed by atoms with van der Waals surface area (Å²) in [6, 6.07) is 10.4. The van der Waals surface area contributed by atoms with Crippen LogP contribution in [0.3, 0.4) is 0 Å². The molecule has 0 aliphatic rings. The summed E-state index contributed by atoms with van der Waals surface area (Å²) in [5.41, 5.74) is 1.29. The maximum atomic E-state index is 11.1. The van der Waals surface area contributed by atoms with Crippen molar-refractivity contribution in [2.24, 2.45) is 5.92 Å². The molecule has 1 atom stereocenters. The monoisotopic (exact) mass is 264 g/mol. The smallest absolute Gasteiger partial charge is 0.301 e. The summed E-state index contributed by atoms with van der Waals surface area (Å²) in [7, 11) is 0. The summed E-state index contributed by atoms with van der Waals surface area (Å²) in [4.78, 5) is 14.9. The van der Waals surface area contributed by atoms with Crippen molar-refractivity contribution in [3.05, 3.63) is 35.9 Å². The van der Waals surface area contributed by atoms with E-state index in [0.29, 0.717) is 5.92 Å². The lowest BCUT2D eigenvalue weighted by atomic mass is 9.70. The zero-order valence-electron chi connectivity index (χ0n) is 12.1. The topological polar surface area (TPSA) is 46.5 Å². The van der Waals surface area contributed by atoms with Crippen molar-refractivity contribution in [1.82, 2.24) is 0 Å². The second-order valence-electron chi connectivity index (χ2n) is 5.58. The summed E-state index contributed by atoms with van der Waals surface area (Å²) in [5.74, 6) is -0.163. The average Bonchev–Trinajstić information content (AvgIpc) is 2.43. The molecule has 0 bridgehead atoms. The summed E-state index contributed by atoms with van der Waals surface area (Å²) >= 11 is 0. The minimum absolute atomic E-state index is 0.00695. The van der Waals surface area contributed by atoms with Crippen molar-refractivity contribution in [3.63, 3.8) is 0 Å². The van der Waals surface area contributed by atoms with Gasteiger partial charge >= 0.3 is 5.97 Å². The molecular weight excluding hydrogens is 240 g/mol. The van der Waals surface area contributed by atoms with Gasteiger partial charge in [-0.15, -0.1) is 0 Å². The van der Waals surface area contributed by atoms with Crippen molar-refractivity contribution in [2.45, 2.75) is 51.9 Å². The van der Waals surface area contributed by atoms with Crippen molar-refractivity contribution < 1.29 is 14.9 Å². The molecule has 0 saturated carbocycles. The summed E-state index contributed by atoms with van der Waals surface area (Å²) in [5, 5.41) is 8.35. The lowest BCUT2D eigenvalue weighted by molar-refractivity contribution is -0.234. The van der Waals surface area contributed by atoms with E-state index in [1.165, 1.54) is 5.56 Å². The van der Waals surface area contributed by atoms with Crippen LogP contribution in [0.2, 0.25) is 0 Å². The Balaban J connectivity index is 2.81. The van der Waals surface area contributed by atoms with E-state index in [4.69, 9.17) is 5.26 Å². The number of rotatable bonds is 7. The van der Waals surface area contributed by atoms with E-state index in [2.05, 4.69) is 37.8 Å². The summed E-state index contributed by atoms with van der Waals surface area (Å²) < 4.78 is 0. The molecule has 3 heteroatoms. The van der Waals surface area contributed by atoms with Crippen LogP contribution in [0, 0.1) is 5.92 Å². The van der Waals surface area contributed by atoms with Gasteiger partial charge in [0.1, 0.15) is 0 Å². The van der Waals surface area contributed by atoms with Crippen LogP contribution in [0.1, 0.15) is 52.0 Å². The van der Waals surface area contributed by atoms with E-state index in [0.717, 1.165) is 19.3 Å². The molecule has 19 heavy (non-hydrogen) atoms. The Bertz CT molecular complexity index is 384. The third-order valence-corrected chi connectivity index (χ3v) is 3.97. The fraction of sp³-hybridized carbons (Fsp3) is 0.562. The fourth-order valence-corrected chi connectivity index (χ4v) is 2.66. The first-order valence-corrected chi connectivity index (χ1v) is 6.92. The SMILES string of the molecule is CCCC(CCC(=O)OO)C(C)(C)c1ccccc1. The van der Waals surface area contributed by atoms with Gasteiger partial charge in [0.25, 0.3) is 0 Å². The van der Waals surface area contributed by atoms with E-state index in [9.17, 15) is 4.79 Å². The normalized spacial score (nSPS) is 13.1. The van der Waals surface area contributed by atoms with Gasteiger partial charge in [-0.25, -0.2) is 4.79 Å². The Hall–Kier alpha value is -1.35. The zero-order valence-corrected chi connectivity index (χ0v) is 12.1. The van der Waals surface area contributed by atoms with Gasteiger partial charge in [-0.1, -0.05) is 57.5 Å². The molecule has 0 aromatic heterocycles. The molecule has 0 aliphatic heterocycles. The van der Waals surface area contributed by atoms with Crippen LogP contribution in [0.4, 0.5) is 0 Å². The quantitative estimate of drug-likeness (QED) is 0.593. The standard InChI is InChI=1S/C16H24O3/c1-4-8-13(11-12-15(17)19-18)16(2,3)14-9-6-5-7-10-14/h5-7,9-10,13,18H,4,8,11-12H2,1-3H3. The molecule has 106 valence electrons. The van der Waals surface area contributed by atoms with Crippen molar-refractivity contribution in [1.29, 1.82) is 0 Å². The second kappa shape index (κ2) is 7.29. The highest BCUT2D eigenvalue weighted by Crippen LogP contribution is 2.37. The highest BCUT2D eigenvalue weighted by atomic mass is 17.1. The number of hydrogen-bond donors (Lipinski definition) is 1. The maximum Gasteiger partial charge on any atom is 0.342 e. The van der Waals surface area contributed by atoms with E-state index < -0.39 is 5.97 Å². The maximum absolute atomic E-state index is 11.1. The Kier molecular flexibility index (Phi) is 6.03. The molecule has 0 saturated heterocycles. The predicted octanol–water partition coefficient (Wildman–Crippen LogP) is 4.18. The fourth-order valence-electron chi connectivity index (χ4n) is 2.66. The largest absolute Gasteiger partial charge is 0.342 e. The van der Waals surface area contributed by atoms with Gasteiger partial charge in [0, 0.05) is 6.42 Å². The van der Waals surface area contributed by atoms with Crippen LogP contribution in [0.25, 0.3) is 0 Å². The molecule has 0 amide bonds. The minimum Gasteiger partial charge on any atom is -0.301 e. The first-order valence-electron chi connectivity index (χ1n) is 6.92. The minimum atomic E-state index is -0.551. The van der Waals surface area contributed by atoms with Crippen LogP contribution in [0.15, 0.2) is 30.3 Å². The molecule has 0 radical (unpaired) electrons. The van der Waals surface area contributed by atoms with Crippen LogP contribution < -0.4 is 0 Å².